The van der Waals surface area contributed by atoms with Crippen molar-refractivity contribution in [3.8, 4) is 28.3 Å². The van der Waals surface area contributed by atoms with Gasteiger partial charge in [0, 0.05) is 16.5 Å². The summed E-state index contributed by atoms with van der Waals surface area (Å²) in [7, 11) is 0. The molecule has 0 saturated heterocycles. The Morgan fingerprint density at radius 3 is 2.58 bits per heavy atom. The maximum absolute atomic E-state index is 13.3. The number of aromatic hydroxyl groups is 1. The molecule has 0 amide bonds. The lowest BCUT2D eigenvalue weighted by Crippen LogP contribution is -2.44. The number of nitrogens with zero attached hydrogens (tertiary/aromatic N) is 2. The fourth-order valence-corrected chi connectivity index (χ4v) is 4.82. The molecule has 33 heavy (non-hydrogen) atoms. The van der Waals surface area contributed by atoms with Gasteiger partial charge in [-0.1, -0.05) is 25.1 Å². The molecule has 0 bridgehead atoms. The van der Waals surface area contributed by atoms with Gasteiger partial charge in [0.2, 0.25) is 0 Å². The zero-order chi connectivity index (χ0) is 22.9. The van der Waals surface area contributed by atoms with Crippen LogP contribution in [0.25, 0.3) is 33.4 Å². The van der Waals surface area contributed by atoms with Crippen molar-refractivity contribution in [2.75, 3.05) is 0 Å². The van der Waals surface area contributed by atoms with Gasteiger partial charge in [-0.15, -0.1) is 0 Å². The number of ether oxygens (including phenoxy) is 1. The molecule has 2 aromatic carbocycles. The van der Waals surface area contributed by atoms with Crippen molar-refractivity contribution in [2.45, 2.75) is 32.1 Å². The molecule has 0 aliphatic carbocycles. The molecule has 2 aromatic heterocycles. The molecule has 164 valence electrons. The molecule has 6 rings (SSSR count). The van der Waals surface area contributed by atoms with E-state index in [4.69, 9.17) is 9.72 Å². The van der Waals surface area contributed by atoms with Crippen molar-refractivity contribution in [3.63, 3.8) is 0 Å². The van der Waals surface area contributed by atoms with Crippen LogP contribution in [-0.2, 0) is 28.3 Å². The van der Waals surface area contributed by atoms with Crippen molar-refractivity contribution < 1.29 is 19.7 Å². The highest BCUT2D eigenvalue weighted by molar-refractivity contribution is 5.89. The summed E-state index contributed by atoms with van der Waals surface area (Å²) in [5, 5.41) is 21.5. The maximum atomic E-state index is 13.3. The van der Waals surface area contributed by atoms with E-state index in [2.05, 4.69) is 0 Å². The minimum Gasteiger partial charge on any atom is -0.508 e. The number of phenols is 1. The normalized spacial score (nSPS) is 18.5. The van der Waals surface area contributed by atoms with Crippen LogP contribution >= 0.6 is 0 Å². The fourth-order valence-electron chi connectivity index (χ4n) is 4.82. The lowest BCUT2D eigenvalue weighted by atomic mass is 9.86. The summed E-state index contributed by atoms with van der Waals surface area (Å²) >= 11 is 0. The van der Waals surface area contributed by atoms with E-state index in [0.29, 0.717) is 29.1 Å². The van der Waals surface area contributed by atoms with Crippen LogP contribution in [-0.4, -0.2) is 25.7 Å². The average molecular weight is 440 g/mol. The first-order valence-electron chi connectivity index (χ1n) is 10.8. The molecule has 4 aromatic rings. The summed E-state index contributed by atoms with van der Waals surface area (Å²) in [5.74, 6) is -0.514. The SMILES string of the molecule is CC[C@@]1(O)C(=O)OCc2c1cc1n(c2=O)Cc2cc3cc(-c4ccc(O)cc4)ccc3nc2-1. The van der Waals surface area contributed by atoms with Crippen LogP contribution in [0, 0.1) is 0 Å². The van der Waals surface area contributed by atoms with Gasteiger partial charge in [-0.2, -0.15) is 0 Å². The van der Waals surface area contributed by atoms with Crippen molar-refractivity contribution >= 4 is 16.9 Å². The number of aromatic nitrogens is 2. The Bertz CT molecular complexity index is 1540. The van der Waals surface area contributed by atoms with E-state index in [-0.39, 0.29) is 24.3 Å². The second kappa shape index (κ2) is 6.76. The Labute approximate surface area is 188 Å². The van der Waals surface area contributed by atoms with Gasteiger partial charge >= 0.3 is 5.97 Å². The maximum Gasteiger partial charge on any atom is 0.343 e. The Hall–Kier alpha value is -3.97. The molecule has 7 nitrogen and oxygen atoms in total. The number of phenolic OH excluding ortho intramolecular Hbond substituents is 1. The minimum absolute atomic E-state index is 0.111. The number of carbonyl (C=O) groups excluding carboxylic acids is 1. The molecule has 2 aliphatic rings. The van der Waals surface area contributed by atoms with Crippen LogP contribution in [0.3, 0.4) is 0 Å². The third-order valence-corrected chi connectivity index (χ3v) is 6.71. The third-order valence-electron chi connectivity index (χ3n) is 6.71. The van der Waals surface area contributed by atoms with Crippen molar-refractivity contribution in [3.05, 3.63) is 81.6 Å². The molecule has 4 heterocycles. The highest BCUT2D eigenvalue weighted by Crippen LogP contribution is 2.39. The van der Waals surface area contributed by atoms with Gasteiger partial charge in [0.1, 0.15) is 12.4 Å². The summed E-state index contributed by atoms with van der Waals surface area (Å²) in [6.45, 7) is 1.91. The van der Waals surface area contributed by atoms with Gasteiger partial charge in [0.25, 0.3) is 5.56 Å². The molecule has 1 atom stereocenters. The summed E-state index contributed by atoms with van der Waals surface area (Å²) in [6.07, 6.45) is 0.111. The second-order valence-electron chi connectivity index (χ2n) is 8.55. The van der Waals surface area contributed by atoms with E-state index in [1.165, 1.54) is 0 Å². The topological polar surface area (TPSA) is 102 Å². The summed E-state index contributed by atoms with van der Waals surface area (Å²) in [6, 6.07) is 16.7. The number of aliphatic hydroxyl groups is 1. The zero-order valence-electron chi connectivity index (χ0n) is 17.8. The number of carbonyl (C=O) groups is 1. The van der Waals surface area contributed by atoms with Gasteiger partial charge in [-0.3, -0.25) is 4.79 Å². The molecule has 2 N–H and O–H groups in total. The van der Waals surface area contributed by atoms with Crippen molar-refractivity contribution in [1.29, 1.82) is 0 Å². The number of benzene rings is 2. The lowest BCUT2D eigenvalue weighted by molar-refractivity contribution is -0.172. The zero-order valence-corrected chi connectivity index (χ0v) is 17.8. The fraction of sp³-hybridized carbons (Fsp3) is 0.192. The monoisotopic (exact) mass is 440 g/mol. The molecule has 0 spiro atoms. The highest BCUT2D eigenvalue weighted by atomic mass is 16.6. The first kappa shape index (κ1) is 19.7. The van der Waals surface area contributed by atoms with Crippen LogP contribution in [0.5, 0.6) is 5.75 Å². The van der Waals surface area contributed by atoms with E-state index >= 15 is 0 Å². The first-order chi connectivity index (χ1) is 15.9. The van der Waals surface area contributed by atoms with E-state index in [0.717, 1.165) is 27.6 Å². The van der Waals surface area contributed by atoms with Gasteiger partial charge in [0.15, 0.2) is 5.60 Å². The number of hydrogen-bond acceptors (Lipinski definition) is 6. The quantitative estimate of drug-likeness (QED) is 0.408. The van der Waals surface area contributed by atoms with Crippen molar-refractivity contribution in [2.24, 2.45) is 0 Å². The van der Waals surface area contributed by atoms with E-state index < -0.39 is 11.6 Å². The van der Waals surface area contributed by atoms with Crippen LogP contribution in [0.1, 0.15) is 30.0 Å². The molecule has 0 radical (unpaired) electrons. The Morgan fingerprint density at radius 1 is 1.06 bits per heavy atom. The van der Waals surface area contributed by atoms with Crippen LogP contribution in [0.15, 0.2) is 59.4 Å². The van der Waals surface area contributed by atoms with Crippen LogP contribution in [0.4, 0.5) is 0 Å². The minimum atomic E-state index is -1.83. The highest BCUT2D eigenvalue weighted by Gasteiger charge is 2.45. The summed E-state index contributed by atoms with van der Waals surface area (Å²) in [4.78, 5) is 30.4. The third kappa shape index (κ3) is 2.75. The van der Waals surface area contributed by atoms with E-state index in [1.807, 2.05) is 36.4 Å². The van der Waals surface area contributed by atoms with E-state index in [9.17, 15) is 19.8 Å². The molecule has 7 heteroatoms. The molecular formula is C26H20N2O5. The Kier molecular flexibility index (Phi) is 4.04. The number of cyclic esters (lactones) is 1. The van der Waals surface area contributed by atoms with Gasteiger partial charge in [-0.05, 0) is 53.9 Å². The molecular weight excluding hydrogens is 420 g/mol. The Morgan fingerprint density at radius 2 is 1.82 bits per heavy atom. The van der Waals surface area contributed by atoms with Crippen LogP contribution < -0.4 is 5.56 Å². The van der Waals surface area contributed by atoms with Crippen molar-refractivity contribution in [1.82, 2.24) is 9.55 Å². The summed E-state index contributed by atoms with van der Waals surface area (Å²) in [5.41, 5.74) is 3.45. The lowest BCUT2D eigenvalue weighted by Gasteiger charge is -2.31. The molecule has 0 fully saturated rings. The van der Waals surface area contributed by atoms with Crippen LogP contribution in [0.2, 0.25) is 0 Å². The Balaban J connectivity index is 1.51. The van der Waals surface area contributed by atoms with E-state index in [1.54, 1.807) is 29.7 Å². The van der Waals surface area contributed by atoms with Gasteiger partial charge in [-0.25, -0.2) is 9.78 Å². The number of rotatable bonds is 2. The second-order valence-corrected chi connectivity index (χ2v) is 8.55. The molecule has 0 saturated carbocycles. The first-order valence-corrected chi connectivity index (χ1v) is 10.8. The smallest absolute Gasteiger partial charge is 0.343 e. The summed E-state index contributed by atoms with van der Waals surface area (Å²) < 4.78 is 6.75. The van der Waals surface area contributed by atoms with Gasteiger partial charge < -0.3 is 19.5 Å². The predicted molar refractivity (Wildman–Crippen MR) is 122 cm³/mol. The number of pyridine rings is 2. The average Bonchev–Trinajstić information content (AvgIpc) is 3.18. The number of hydrogen-bond donors (Lipinski definition) is 2. The van der Waals surface area contributed by atoms with Gasteiger partial charge in [0.05, 0.1) is 29.0 Å². The standard InChI is InChI=1S/C26H20N2O5/c1-2-26(32)20-11-22-23-17(12-28(22)24(30)19(20)13-33-25(26)31)10-16-9-15(5-8-21(16)27-23)14-3-6-18(29)7-4-14/h3-11,29,32H,2,12-13H2,1H3/t26-/m0/s1. The molecule has 2 aliphatic heterocycles. The largest absolute Gasteiger partial charge is 0.508 e. The molecule has 0 unspecified atom stereocenters. The number of fused-ring (bicyclic) bond motifs is 5. The number of esters is 1. The predicted octanol–water partition coefficient (Wildman–Crippen LogP) is 3.45.